The molecule has 0 aliphatic carbocycles. The highest BCUT2D eigenvalue weighted by atomic mass is 15.0. The van der Waals surface area contributed by atoms with E-state index in [0.717, 1.165) is 42.3 Å². The molecule has 0 aliphatic rings. The second-order valence-electron chi connectivity index (χ2n) is 4.70. The average molecular weight is 255 g/mol. The van der Waals surface area contributed by atoms with Crippen LogP contribution in [0.2, 0.25) is 0 Å². The van der Waals surface area contributed by atoms with Gasteiger partial charge in [-0.2, -0.15) is 0 Å². The van der Waals surface area contributed by atoms with E-state index in [4.69, 9.17) is 0 Å². The molecule has 1 N–H and O–H groups in total. The molecule has 0 atom stereocenters. The Balaban J connectivity index is 2.43. The molecule has 2 aromatic rings. The Labute approximate surface area is 115 Å². The van der Waals surface area contributed by atoms with Gasteiger partial charge in [-0.3, -0.25) is 0 Å². The maximum atomic E-state index is 4.67. The molecule has 0 fully saturated rings. The maximum absolute atomic E-state index is 4.67. The normalized spacial score (nSPS) is 10.5. The highest BCUT2D eigenvalue weighted by Crippen LogP contribution is 2.21. The van der Waals surface area contributed by atoms with Crippen LogP contribution in [0.3, 0.4) is 0 Å². The number of aromatic nitrogens is 2. The summed E-state index contributed by atoms with van der Waals surface area (Å²) >= 11 is 0. The summed E-state index contributed by atoms with van der Waals surface area (Å²) in [5, 5.41) is 3.28. The van der Waals surface area contributed by atoms with Crippen molar-refractivity contribution in [2.75, 3.05) is 11.9 Å². The van der Waals surface area contributed by atoms with Gasteiger partial charge in [0, 0.05) is 24.6 Å². The van der Waals surface area contributed by atoms with E-state index < -0.39 is 0 Å². The molecule has 1 aromatic heterocycles. The van der Waals surface area contributed by atoms with Crippen LogP contribution in [-0.2, 0) is 6.42 Å². The monoisotopic (exact) mass is 255 g/mol. The van der Waals surface area contributed by atoms with E-state index in [-0.39, 0.29) is 0 Å². The Kier molecular flexibility index (Phi) is 4.50. The van der Waals surface area contributed by atoms with Crippen molar-refractivity contribution in [3.05, 3.63) is 41.7 Å². The molecule has 0 unspecified atom stereocenters. The molecule has 0 amide bonds. The van der Waals surface area contributed by atoms with Crippen LogP contribution < -0.4 is 5.32 Å². The quantitative estimate of drug-likeness (QED) is 0.882. The first kappa shape index (κ1) is 13.5. The maximum Gasteiger partial charge on any atom is 0.131 e. The number of rotatable bonds is 5. The summed E-state index contributed by atoms with van der Waals surface area (Å²) in [5.41, 5.74) is 3.40. The van der Waals surface area contributed by atoms with Crippen molar-refractivity contribution in [3.8, 4) is 11.3 Å². The Morgan fingerprint density at radius 2 is 1.95 bits per heavy atom. The van der Waals surface area contributed by atoms with Crippen LogP contribution >= 0.6 is 0 Å². The number of benzene rings is 1. The van der Waals surface area contributed by atoms with E-state index in [1.165, 1.54) is 5.56 Å². The number of anilines is 1. The van der Waals surface area contributed by atoms with Crippen molar-refractivity contribution in [1.82, 2.24) is 9.97 Å². The lowest BCUT2D eigenvalue weighted by molar-refractivity contribution is 0.836. The highest BCUT2D eigenvalue weighted by molar-refractivity contribution is 5.63. The van der Waals surface area contributed by atoms with Crippen molar-refractivity contribution >= 4 is 5.82 Å². The van der Waals surface area contributed by atoms with Gasteiger partial charge in [-0.05, 0) is 26.3 Å². The van der Waals surface area contributed by atoms with Crippen LogP contribution in [0.5, 0.6) is 0 Å². The minimum atomic E-state index is 0.871. The SMILES string of the molecule is CCCc1nc(NCC)cc(-c2cccc(C)c2)n1. The van der Waals surface area contributed by atoms with Gasteiger partial charge in [-0.15, -0.1) is 0 Å². The third-order valence-electron chi connectivity index (χ3n) is 2.92. The van der Waals surface area contributed by atoms with Crippen molar-refractivity contribution in [2.24, 2.45) is 0 Å². The van der Waals surface area contributed by atoms with Gasteiger partial charge in [-0.25, -0.2) is 9.97 Å². The fraction of sp³-hybridized carbons (Fsp3) is 0.375. The molecule has 0 bridgehead atoms. The molecule has 0 aliphatic heterocycles. The van der Waals surface area contributed by atoms with E-state index >= 15 is 0 Å². The Hall–Kier alpha value is -1.90. The molecule has 3 heteroatoms. The third kappa shape index (κ3) is 3.53. The molecular weight excluding hydrogens is 234 g/mol. The summed E-state index contributed by atoms with van der Waals surface area (Å²) < 4.78 is 0. The molecule has 0 radical (unpaired) electrons. The fourth-order valence-corrected chi connectivity index (χ4v) is 2.06. The summed E-state index contributed by atoms with van der Waals surface area (Å²) in [4.78, 5) is 9.20. The van der Waals surface area contributed by atoms with Gasteiger partial charge in [0.2, 0.25) is 0 Å². The second-order valence-corrected chi connectivity index (χ2v) is 4.70. The molecular formula is C16H21N3. The molecule has 2 rings (SSSR count). The smallest absolute Gasteiger partial charge is 0.131 e. The zero-order valence-electron chi connectivity index (χ0n) is 11.9. The van der Waals surface area contributed by atoms with Gasteiger partial charge in [-0.1, -0.05) is 30.7 Å². The minimum Gasteiger partial charge on any atom is -0.370 e. The van der Waals surface area contributed by atoms with Crippen LogP contribution in [0.4, 0.5) is 5.82 Å². The van der Waals surface area contributed by atoms with E-state index in [1.807, 2.05) is 6.07 Å². The average Bonchev–Trinajstić information content (AvgIpc) is 2.39. The molecule has 0 spiro atoms. The van der Waals surface area contributed by atoms with Crippen LogP contribution in [0.1, 0.15) is 31.7 Å². The Morgan fingerprint density at radius 3 is 2.63 bits per heavy atom. The molecule has 1 aromatic carbocycles. The third-order valence-corrected chi connectivity index (χ3v) is 2.92. The van der Waals surface area contributed by atoms with Gasteiger partial charge in [0.25, 0.3) is 0 Å². The summed E-state index contributed by atoms with van der Waals surface area (Å²) in [6.45, 7) is 7.20. The fourth-order valence-electron chi connectivity index (χ4n) is 2.06. The summed E-state index contributed by atoms with van der Waals surface area (Å²) in [6, 6.07) is 10.5. The van der Waals surface area contributed by atoms with Crippen LogP contribution in [0.25, 0.3) is 11.3 Å². The Morgan fingerprint density at radius 1 is 1.11 bits per heavy atom. The van der Waals surface area contributed by atoms with Gasteiger partial charge < -0.3 is 5.32 Å². The zero-order chi connectivity index (χ0) is 13.7. The van der Waals surface area contributed by atoms with Gasteiger partial charge in [0.05, 0.1) is 5.69 Å². The number of hydrogen-bond acceptors (Lipinski definition) is 3. The number of hydrogen-bond donors (Lipinski definition) is 1. The number of nitrogens with one attached hydrogen (secondary N) is 1. The molecule has 0 saturated heterocycles. The van der Waals surface area contributed by atoms with E-state index in [2.05, 4.69) is 60.3 Å². The van der Waals surface area contributed by atoms with E-state index in [0.29, 0.717) is 0 Å². The van der Waals surface area contributed by atoms with Gasteiger partial charge in [0.15, 0.2) is 0 Å². The number of aryl methyl sites for hydroxylation is 2. The zero-order valence-corrected chi connectivity index (χ0v) is 11.9. The summed E-state index contributed by atoms with van der Waals surface area (Å²) in [5.74, 6) is 1.83. The first-order chi connectivity index (χ1) is 9.22. The first-order valence-corrected chi connectivity index (χ1v) is 6.91. The van der Waals surface area contributed by atoms with Crippen LogP contribution in [-0.4, -0.2) is 16.5 Å². The van der Waals surface area contributed by atoms with Crippen LogP contribution in [0, 0.1) is 6.92 Å². The van der Waals surface area contributed by atoms with Gasteiger partial charge in [0.1, 0.15) is 11.6 Å². The van der Waals surface area contributed by atoms with Gasteiger partial charge >= 0.3 is 0 Å². The van der Waals surface area contributed by atoms with Crippen LogP contribution in [0.15, 0.2) is 30.3 Å². The second kappa shape index (κ2) is 6.32. The van der Waals surface area contributed by atoms with E-state index in [9.17, 15) is 0 Å². The highest BCUT2D eigenvalue weighted by Gasteiger charge is 2.06. The molecule has 1 heterocycles. The molecule has 19 heavy (non-hydrogen) atoms. The largest absolute Gasteiger partial charge is 0.370 e. The summed E-state index contributed by atoms with van der Waals surface area (Å²) in [6.07, 6.45) is 1.97. The molecule has 0 saturated carbocycles. The molecule has 3 nitrogen and oxygen atoms in total. The first-order valence-electron chi connectivity index (χ1n) is 6.91. The van der Waals surface area contributed by atoms with Crippen molar-refractivity contribution in [2.45, 2.75) is 33.6 Å². The van der Waals surface area contributed by atoms with E-state index in [1.54, 1.807) is 0 Å². The Bertz CT molecular complexity index is 525. The number of nitrogens with zero attached hydrogens (tertiary/aromatic N) is 2. The minimum absolute atomic E-state index is 0.871. The molecule has 100 valence electrons. The lowest BCUT2D eigenvalue weighted by Crippen LogP contribution is -2.04. The predicted octanol–water partition coefficient (Wildman–Crippen LogP) is 3.84. The summed E-state index contributed by atoms with van der Waals surface area (Å²) in [7, 11) is 0. The lowest BCUT2D eigenvalue weighted by atomic mass is 10.1. The lowest BCUT2D eigenvalue weighted by Gasteiger charge is -2.09. The van der Waals surface area contributed by atoms with Crippen molar-refractivity contribution in [1.29, 1.82) is 0 Å². The standard InChI is InChI=1S/C16H21N3/c1-4-7-15-18-14(11-16(19-15)17-5-2)13-9-6-8-12(3)10-13/h6,8-11H,4-5,7H2,1-3H3,(H,17,18,19). The topological polar surface area (TPSA) is 37.8 Å². The van der Waals surface area contributed by atoms with Crippen molar-refractivity contribution < 1.29 is 0 Å². The predicted molar refractivity (Wildman–Crippen MR) is 80.4 cm³/mol. The van der Waals surface area contributed by atoms with Crippen molar-refractivity contribution in [3.63, 3.8) is 0 Å².